The minimum absolute atomic E-state index is 0.229. The predicted octanol–water partition coefficient (Wildman–Crippen LogP) is 5.16. The van der Waals surface area contributed by atoms with Crippen molar-refractivity contribution < 1.29 is 17.9 Å². The highest BCUT2D eigenvalue weighted by molar-refractivity contribution is 7.90. The largest absolute Gasteiger partial charge is 0.380 e. The Bertz CT molecular complexity index is 1750. The van der Waals surface area contributed by atoms with Gasteiger partial charge >= 0.3 is 0 Å². The molecule has 0 aliphatic rings. The molecule has 0 radical (unpaired) electrons. The Balaban J connectivity index is 1.68. The number of hydrogen-bond acceptors (Lipinski definition) is 7. The number of hydrogen-bond donors (Lipinski definition) is 0. The molecule has 5 rings (SSSR count). The van der Waals surface area contributed by atoms with E-state index < -0.39 is 9.84 Å². The number of pyridine rings is 1. The quantitative estimate of drug-likeness (QED) is 0.268. The molecule has 36 heavy (non-hydrogen) atoms. The van der Waals surface area contributed by atoms with Crippen LogP contribution in [0.15, 0.2) is 75.9 Å². The highest BCUT2D eigenvalue weighted by Crippen LogP contribution is 2.28. The fourth-order valence-electron chi connectivity index (χ4n) is 3.94. The van der Waals surface area contributed by atoms with Crippen molar-refractivity contribution in [3.05, 3.63) is 76.4 Å². The van der Waals surface area contributed by atoms with Gasteiger partial charge < -0.3 is 9.30 Å². The Morgan fingerprint density at radius 3 is 2.69 bits per heavy atom. The molecular weight excluding hydrogens is 515 g/mol. The van der Waals surface area contributed by atoms with E-state index in [9.17, 15) is 13.2 Å². The van der Waals surface area contributed by atoms with Crippen molar-refractivity contribution in [3.8, 4) is 10.6 Å². The fraction of sp³-hybridized carbons (Fsp3) is 0.192. The molecule has 2 aromatic carbocycles. The lowest BCUT2D eigenvalue weighted by atomic mass is 10.1. The van der Waals surface area contributed by atoms with Gasteiger partial charge in [0.15, 0.2) is 14.6 Å². The number of ether oxygens (including phenoxy) is 1. The van der Waals surface area contributed by atoms with Gasteiger partial charge in [0.05, 0.1) is 43.4 Å². The average molecular weight is 538 g/mol. The minimum atomic E-state index is -3.37. The van der Waals surface area contributed by atoms with E-state index in [4.69, 9.17) is 9.72 Å². The van der Waals surface area contributed by atoms with E-state index in [2.05, 4.69) is 4.99 Å². The molecule has 5 aromatic rings. The van der Waals surface area contributed by atoms with E-state index in [1.165, 1.54) is 17.6 Å². The van der Waals surface area contributed by atoms with Crippen LogP contribution in [0.3, 0.4) is 0 Å². The minimum Gasteiger partial charge on any atom is -0.380 e. The Kier molecular flexibility index (Phi) is 6.85. The zero-order valence-corrected chi connectivity index (χ0v) is 22.1. The Hall–Kier alpha value is -3.18. The highest BCUT2D eigenvalue weighted by Gasteiger charge is 2.16. The molecule has 0 spiro atoms. The molecule has 10 heteroatoms. The number of fused-ring (bicyclic) bond motifs is 2. The summed E-state index contributed by atoms with van der Waals surface area (Å²) in [5.41, 5.74) is 2.72. The molecule has 1 amide bonds. The summed E-state index contributed by atoms with van der Waals surface area (Å²) in [7, 11) is -3.37. The number of carbonyl (C=O) groups excluding carboxylic acids is 1. The van der Waals surface area contributed by atoms with Crippen LogP contribution in [0.25, 0.3) is 31.7 Å². The first kappa shape index (κ1) is 24.5. The van der Waals surface area contributed by atoms with Crippen molar-refractivity contribution >= 4 is 59.5 Å². The molecule has 0 atom stereocenters. The first-order valence-corrected chi connectivity index (χ1v) is 14.9. The Morgan fingerprint density at radius 1 is 1.11 bits per heavy atom. The van der Waals surface area contributed by atoms with Crippen molar-refractivity contribution in [3.63, 3.8) is 0 Å². The van der Waals surface area contributed by atoms with Gasteiger partial charge in [-0.1, -0.05) is 35.6 Å². The summed E-state index contributed by atoms with van der Waals surface area (Å²) in [5, 5.41) is 2.70. The van der Waals surface area contributed by atoms with Crippen LogP contribution >= 0.6 is 22.7 Å². The number of nitrogens with zero attached hydrogens (tertiary/aromatic N) is 3. The molecule has 3 heterocycles. The second-order valence-electron chi connectivity index (χ2n) is 8.10. The van der Waals surface area contributed by atoms with E-state index in [-0.39, 0.29) is 10.8 Å². The third kappa shape index (κ3) is 4.90. The molecule has 0 saturated carbocycles. The third-order valence-electron chi connectivity index (χ3n) is 5.66. The SMILES string of the molecule is CCOCCn1c(=NC(=O)c2cc(-c3cccs3)nc3ccccc23)sc2cc(S(C)(=O)=O)ccc21. The van der Waals surface area contributed by atoms with Gasteiger partial charge in [0.25, 0.3) is 5.91 Å². The van der Waals surface area contributed by atoms with Gasteiger partial charge in [0.1, 0.15) is 0 Å². The first-order chi connectivity index (χ1) is 17.3. The second kappa shape index (κ2) is 10.1. The van der Waals surface area contributed by atoms with Crippen LogP contribution in [0.1, 0.15) is 17.3 Å². The maximum absolute atomic E-state index is 13.6. The second-order valence-corrected chi connectivity index (χ2v) is 12.1. The van der Waals surface area contributed by atoms with Gasteiger partial charge in [-0.3, -0.25) is 4.79 Å². The van der Waals surface area contributed by atoms with Crippen LogP contribution in [-0.2, 0) is 21.1 Å². The molecule has 0 unspecified atom stereocenters. The number of carbonyl (C=O) groups is 1. The average Bonchev–Trinajstić information content (AvgIpc) is 3.51. The van der Waals surface area contributed by atoms with Gasteiger partial charge in [0, 0.05) is 24.8 Å². The van der Waals surface area contributed by atoms with E-state index in [1.807, 2.05) is 53.3 Å². The summed E-state index contributed by atoms with van der Waals surface area (Å²) in [6, 6.07) is 18.2. The fourth-order valence-corrected chi connectivity index (χ4v) is 6.44. The van der Waals surface area contributed by atoms with Crippen molar-refractivity contribution in [2.24, 2.45) is 4.99 Å². The molecular formula is C26H23N3O4S3. The summed E-state index contributed by atoms with van der Waals surface area (Å²) in [6.07, 6.45) is 1.18. The monoisotopic (exact) mass is 537 g/mol. The lowest BCUT2D eigenvalue weighted by Crippen LogP contribution is -2.20. The zero-order valence-electron chi connectivity index (χ0n) is 19.7. The van der Waals surface area contributed by atoms with Gasteiger partial charge in [-0.15, -0.1) is 11.3 Å². The van der Waals surface area contributed by atoms with Crippen LogP contribution in [0.5, 0.6) is 0 Å². The smallest absolute Gasteiger partial charge is 0.280 e. The van der Waals surface area contributed by atoms with Crippen LogP contribution < -0.4 is 4.80 Å². The normalized spacial score (nSPS) is 12.6. The molecule has 0 aliphatic heterocycles. The maximum Gasteiger partial charge on any atom is 0.280 e. The number of benzene rings is 2. The molecule has 0 N–H and O–H groups in total. The van der Waals surface area contributed by atoms with E-state index in [0.29, 0.717) is 30.1 Å². The lowest BCUT2D eigenvalue weighted by molar-refractivity contribution is 0.0998. The van der Waals surface area contributed by atoms with Crippen LogP contribution in [-0.4, -0.2) is 43.3 Å². The molecule has 0 aliphatic carbocycles. The van der Waals surface area contributed by atoms with Crippen molar-refractivity contribution in [1.29, 1.82) is 0 Å². The van der Waals surface area contributed by atoms with E-state index in [0.717, 1.165) is 31.7 Å². The summed E-state index contributed by atoms with van der Waals surface area (Å²) >= 11 is 2.84. The van der Waals surface area contributed by atoms with Crippen LogP contribution in [0.4, 0.5) is 0 Å². The van der Waals surface area contributed by atoms with E-state index >= 15 is 0 Å². The predicted molar refractivity (Wildman–Crippen MR) is 144 cm³/mol. The molecule has 7 nitrogen and oxygen atoms in total. The van der Waals surface area contributed by atoms with Crippen LogP contribution in [0, 0.1) is 0 Å². The number of amides is 1. The van der Waals surface area contributed by atoms with Gasteiger partial charge in [0.2, 0.25) is 0 Å². The summed E-state index contributed by atoms with van der Waals surface area (Å²) in [6.45, 7) is 3.41. The number of sulfone groups is 1. The number of thiophene rings is 1. The van der Waals surface area contributed by atoms with Crippen molar-refractivity contribution in [1.82, 2.24) is 9.55 Å². The lowest BCUT2D eigenvalue weighted by Gasteiger charge is -2.07. The summed E-state index contributed by atoms with van der Waals surface area (Å²) in [4.78, 5) is 24.6. The number of para-hydroxylation sites is 1. The Labute approximate surface area is 216 Å². The van der Waals surface area contributed by atoms with Gasteiger partial charge in [-0.2, -0.15) is 4.99 Å². The molecule has 184 valence electrons. The summed E-state index contributed by atoms with van der Waals surface area (Å²) in [5.74, 6) is -0.383. The van der Waals surface area contributed by atoms with Crippen molar-refractivity contribution in [2.45, 2.75) is 18.4 Å². The molecule has 0 saturated heterocycles. The molecule has 3 aromatic heterocycles. The Morgan fingerprint density at radius 2 is 1.94 bits per heavy atom. The number of rotatable bonds is 7. The molecule has 0 fully saturated rings. The van der Waals surface area contributed by atoms with E-state index in [1.54, 1.807) is 35.6 Å². The number of thiazole rings is 1. The zero-order chi connectivity index (χ0) is 25.3. The third-order valence-corrected chi connectivity index (χ3v) is 8.71. The molecule has 0 bridgehead atoms. The topological polar surface area (TPSA) is 90.6 Å². The van der Waals surface area contributed by atoms with Gasteiger partial charge in [-0.05, 0) is 48.7 Å². The first-order valence-electron chi connectivity index (χ1n) is 11.3. The number of aromatic nitrogens is 2. The highest BCUT2D eigenvalue weighted by atomic mass is 32.2. The van der Waals surface area contributed by atoms with Crippen LogP contribution in [0.2, 0.25) is 0 Å². The van der Waals surface area contributed by atoms with Gasteiger partial charge in [-0.25, -0.2) is 13.4 Å². The summed E-state index contributed by atoms with van der Waals surface area (Å²) < 4.78 is 32.4. The maximum atomic E-state index is 13.6. The standard InChI is InChI=1S/C26H23N3O4S3/c1-3-33-13-12-29-22-11-10-17(36(2,31)32)15-24(22)35-26(29)28-25(30)19-16-21(23-9-6-14-34-23)27-20-8-5-4-7-18(19)20/h4-11,14-16H,3,12-13H2,1-2H3. The van der Waals surface area contributed by atoms with Crippen molar-refractivity contribution in [2.75, 3.05) is 19.5 Å².